The van der Waals surface area contributed by atoms with Gasteiger partial charge >= 0.3 is 5.97 Å². The summed E-state index contributed by atoms with van der Waals surface area (Å²) in [7, 11) is 0. The van der Waals surface area contributed by atoms with Crippen LogP contribution in [0.25, 0.3) is 0 Å². The molecule has 3 aromatic carbocycles. The normalized spacial score (nSPS) is 13.9. The molecule has 54 heavy (non-hydrogen) atoms. The molecular formula is C38H48N6O10. The number of carbonyl (C=O) groups excluding carboxylic acids is 5. The molecule has 0 radical (unpaired) electrons. The summed E-state index contributed by atoms with van der Waals surface area (Å²) >= 11 is 0. The molecule has 0 heterocycles. The van der Waals surface area contributed by atoms with Gasteiger partial charge in [0.15, 0.2) is 6.10 Å². The molecule has 16 nitrogen and oxygen atoms in total. The first-order valence-corrected chi connectivity index (χ1v) is 17.3. The van der Waals surface area contributed by atoms with E-state index in [-0.39, 0.29) is 53.6 Å². The van der Waals surface area contributed by atoms with Crippen LogP contribution in [0.5, 0.6) is 11.5 Å². The maximum atomic E-state index is 13.8. The van der Waals surface area contributed by atoms with Crippen LogP contribution in [0.2, 0.25) is 0 Å². The summed E-state index contributed by atoms with van der Waals surface area (Å²) < 4.78 is 0. The molecule has 3 aromatic rings. The van der Waals surface area contributed by atoms with Gasteiger partial charge in [-0.3, -0.25) is 24.0 Å². The number of anilines is 1. The van der Waals surface area contributed by atoms with Gasteiger partial charge in [0, 0.05) is 23.9 Å². The lowest BCUT2D eigenvalue weighted by Gasteiger charge is -2.29. The van der Waals surface area contributed by atoms with Crippen LogP contribution >= 0.6 is 0 Å². The molecule has 11 N–H and O–H groups in total. The Kier molecular flexibility index (Phi) is 15.5. The number of aliphatic hydroxyl groups excluding tert-OH is 1. The lowest BCUT2D eigenvalue weighted by atomic mass is 9.97. The van der Waals surface area contributed by atoms with Crippen LogP contribution in [-0.4, -0.2) is 92.7 Å². The molecule has 290 valence electrons. The maximum absolute atomic E-state index is 13.8. The van der Waals surface area contributed by atoms with Gasteiger partial charge < -0.3 is 52.7 Å². The second kappa shape index (κ2) is 19.7. The molecule has 0 spiro atoms. The van der Waals surface area contributed by atoms with Gasteiger partial charge in [-0.15, -0.1) is 0 Å². The minimum atomic E-state index is -1.80. The number of carboxylic acids is 1. The van der Waals surface area contributed by atoms with Crippen molar-refractivity contribution in [3.63, 3.8) is 0 Å². The fraction of sp³-hybridized carbons (Fsp3) is 0.368. The predicted octanol–water partition coefficient (Wildman–Crippen LogP) is 1.25. The van der Waals surface area contributed by atoms with E-state index in [4.69, 9.17) is 5.73 Å². The van der Waals surface area contributed by atoms with E-state index in [1.54, 1.807) is 44.2 Å². The summed E-state index contributed by atoms with van der Waals surface area (Å²) in [5, 5.41) is 52.7. The number of phenolic OH excluding ortho intramolecular Hbond substituents is 2. The highest BCUT2D eigenvalue weighted by molar-refractivity contribution is 5.98. The number of nitrogens with two attached hydrogens (primary N) is 1. The van der Waals surface area contributed by atoms with Gasteiger partial charge in [0.2, 0.25) is 17.7 Å². The largest absolute Gasteiger partial charge is 0.508 e. The topological polar surface area (TPSA) is 270 Å². The van der Waals surface area contributed by atoms with Gasteiger partial charge in [0.1, 0.15) is 29.6 Å². The molecule has 0 aliphatic carbocycles. The molecule has 0 fully saturated rings. The second-order valence-corrected chi connectivity index (χ2v) is 13.6. The highest BCUT2D eigenvalue weighted by Gasteiger charge is 2.34. The number of rotatable bonds is 18. The van der Waals surface area contributed by atoms with E-state index in [2.05, 4.69) is 26.6 Å². The molecule has 0 aromatic heterocycles. The number of hydrogen-bond donors (Lipinski definition) is 10. The number of hydrogen-bond acceptors (Lipinski definition) is 10. The summed E-state index contributed by atoms with van der Waals surface area (Å²) in [5.41, 5.74) is 6.65. The number of amides is 5. The molecule has 5 amide bonds. The zero-order chi connectivity index (χ0) is 40.1. The molecule has 0 aliphatic heterocycles. The van der Waals surface area contributed by atoms with E-state index in [9.17, 15) is 49.2 Å². The summed E-state index contributed by atoms with van der Waals surface area (Å²) in [6, 6.07) is 12.7. The molecule has 0 saturated carbocycles. The highest BCUT2D eigenvalue weighted by atomic mass is 16.4. The monoisotopic (exact) mass is 748 g/mol. The van der Waals surface area contributed by atoms with Gasteiger partial charge in [0.05, 0.1) is 11.6 Å². The summed E-state index contributed by atoms with van der Waals surface area (Å²) in [6.07, 6.45) is -1.64. The number of benzene rings is 3. The van der Waals surface area contributed by atoms with Crippen molar-refractivity contribution in [3.05, 3.63) is 89.5 Å². The Morgan fingerprint density at radius 3 is 1.96 bits per heavy atom. The van der Waals surface area contributed by atoms with Crippen molar-refractivity contribution in [2.45, 2.75) is 70.8 Å². The van der Waals surface area contributed by atoms with Crippen molar-refractivity contribution in [1.82, 2.24) is 21.3 Å². The van der Waals surface area contributed by atoms with E-state index in [1.807, 2.05) is 13.8 Å². The Balaban J connectivity index is 1.73. The Bertz CT molecular complexity index is 1780. The van der Waals surface area contributed by atoms with Crippen LogP contribution in [0.15, 0.2) is 72.8 Å². The first kappa shape index (κ1) is 42.4. The van der Waals surface area contributed by atoms with E-state index in [1.165, 1.54) is 24.3 Å². The van der Waals surface area contributed by atoms with Gasteiger partial charge in [-0.1, -0.05) is 64.1 Å². The smallest absolute Gasteiger partial charge is 0.335 e. The lowest BCUT2D eigenvalue weighted by Crippen LogP contribution is -2.60. The van der Waals surface area contributed by atoms with Gasteiger partial charge in [-0.25, -0.2) is 4.79 Å². The Labute approximate surface area is 312 Å². The van der Waals surface area contributed by atoms with Crippen LogP contribution < -0.4 is 32.3 Å². The zero-order valence-electron chi connectivity index (χ0n) is 30.4. The van der Waals surface area contributed by atoms with Crippen LogP contribution in [0, 0.1) is 11.8 Å². The first-order chi connectivity index (χ1) is 25.4. The summed E-state index contributed by atoms with van der Waals surface area (Å²) in [5.74, 6) is -6.30. The molecule has 0 saturated heterocycles. The first-order valence-electron chi connectivity index (χ1n) is 17.3. The fourth-order valence-corrected chi connectivity index (χ4v) is 5.41. The number of aliphatic hydroxyl groups is 1. The van der Waals surface area contributed by atoms with Crippen molar-refractivity contribution in [1.29, 1.82) is 0 Å². The standard InChI is InChI=1S/C38H48N6O10/c1-20(2)13-30(43-36(51)31(21(3)4)44-34(49)28(39)19-40-33(48)24-16-26(45)18-27(46)17-24)35(50)42-29(14-22-9-6-5-7-10-22)32(47)37(52)41-25-12-8-11-23(15-25)38(53)54/h5-12,15-18,20-21,28-32,45-47H,13-14,19,39H2,1-4H3,(H,40,48)(H,41,52)(H,42,50)(H,43,51)(H,44,49)(H,53,54)/t28-,29?,30-,31-,32+/m0/s1. The van der Waals surface area contributed by atoms with E-state index < -0.39 is 71.7 Å². The third kappa shape index (κ3) is 12.9. The van der Waals surface area contributed by atoms with E-state index in [0.29, 0.717) is 5.56 Å². The molecule has 0 bridgehead atoms. The molecule has 1 unspecified atom stereocenters. The van der Waals surface area contributed by atoms with Crippen molar-refractivity contribution in [2.24, 2.45) is 17.6 Å². The van der Waals surface area contributed by atoms with Gasteiger partial charge in [-0.05, 0) is 60.6 Å². The molecule has 3 rings (SSSR count). The van der Waals surface area contributed by atoms with E-state index >= 15 is 0 Å². The molecule has 0 aliphatic rings. The average molecular weight is 749 g/mol. The van der Waals surface area contributed by atoms with Crippen LogP contribution in [-0.2, 0) is 25.6 Å². The van der Waals surface area contributed by atoms with Crippen LogP contribution in [0.1, 0.15) is 60.4 Å². The third-order valence-corrected chi connectivity index (χ3v) is 8.22. The Hall–Kier alpha value is -6.00. The molecular weight excluding hydrogens is 700 g/mol. The number of aromatic carboxylic acids is 1. The van der Waals surface area contributed by atoms with Gasteiger partial charge in [0.25, 0.3) is 11.8 Å². The van der Waals surface area contributed by atoms with E-state index in [0.717, 1.165) is 18.2 Å². The molecule has 5 atom stereocenters. The fourth-order valence-electron chi connectivity index (χ4n) is 5.41. The second-order valence-electron chi connectivity index (χ2n) is 13.6. The number of nitrogens with one attached hydrogen (secondary N) is 5. The van der Waals surface area contributed by atoms with Crippen molar-refractivity contribution >= 4 is 41.2 Å². The zero-order valence-corrected chi connectivity index (χ0v) is 30.4. The summed E-state index contributed by atoms with van der Waals surface area (Å²) in [4.78, 5) is 77.6. The number of aromatic hydroxyl groups is 2. The predicted molar refractivity (Wildman–Crippen MR) is 198 cm³/mol. The number of phenols is 2. The lowest BCUT2D eigenvalue weighted by molar-refractivity contribution is -0.134. The van der Waals surface area contributed by atoms with Crippen molar-refractivity contribution < 1.29 is 49.2 Å². The Morgan fingerprint density at radius 1 is 0.722 bits per heavy atom. The minimum absolute atomic E-state index is 0.0182. The Morgan fingerprint density at radius 2 is 1.37 bits per heavy atom. The van der Waals surface area contributed by atoms with Crippen molar-refractivity contribution in [2.75, 3.05) is 11.9 Å². The van der Waals surface area contributed by atoms with Gasteiger partial charge in [-0.2, -0.15) is 0 Å². The number of carboxylic acid groups (broad SMARTS) is 1. The highest BCUT2D eigenvalue weighted by Crippen LogP contribution is 2.20. The quantitative estimate of drug-likeness (QED) is 0.0885. The maximum Gasteiger partial charge on any atom is 0.335 e. The average Bonchev–Trinajstić information content (AvgIpc) is 3.11. The third-order valence-electron chi connectivity index (χ3n) is 8.22. The minimum Gasteiger partial charge on any atom is -0.508 e. The SMILES string of the molecule is CC(C)C[C@H](NC(=O)[C@@H](NC(=O)[C@@H](N)CNC(=O)c1cc(O)cc(O)c1)C(C)C)C(=O)NC(Cc1ccccc1)[C@@H](O)C(=O)Nc1cccc(C(=O)O)c1. The molecule has 16 heteroatoms. The summed E-state index contributed by atoms with van der Waals surface area (Å²) in [6.45, 7) is 6.64. The van der Waals surface area contributed by atoms with Crippen LogP contribution in [0.4, 0.5) is 5.69 Å². The van der Waals surface area contributed by atoms with Crippen LogP contribution in [0.3, 0.4) is 0 Å². The number of carbonyl (C=O) groups is 6. The van der Waals surface area contributed by atoms with Crippen molar-refractivity contribution in [3.8, 4) is 11.5 Å².